The molecule has 0 radical (unpaired) electrons. The first kappa shape index (κ1) is 29.8. The van der Waals surface area contributed by atoms with Crippen LogP contribution in [-0.4, -0.2) is 68.6 Å². The van der Waals surface area contributed by atoms with Gasteiger partial charge in [-0.15, -0.1) is 0 Å². The van der Waals surface area contributed by atoms with E-state index in [1.54, 1.807) is 13.8 Å². The van der Waals surface area contributed by atoms with Gasteiger partial charge in [0.1, 0.15) is 0 Å². The van der Waals surface area contributed by atoms with Crippen LogP contribution >= 0.6 is 0 Å². The lowest BCUT2D eigenvalue weighted by Gasteiger charge is -2.18. The molecular weight excluding hydrogens is 513 g/mol. The van der Waals surface area contributed by atoms with Crippen LogP contribution in [0.1, 0.15) is 41.8 Å². The standard InChI is InChI=1S/C27H35F3N6O3/c1-17(2)32-26(39)34-23-10-7-19(27(28,29)30)13-22(23)25(38)31-14-24(37)33-20-11-12-36(16-20)15-18-5-8-21(9-6-18)35(3)4/h5-10,13,17,20H,11-12,14-16H2,1-4H3,(H,31,38)(H,33,37)(H2,32,34,39)/t20-/m1/s1. The second-order valence-corrected chi connectivity index (χ2v) is 10.0. The number of carbonyl (C=O) groups excluding carboxylic acids is 3. The molecule has 2 aromatic rings. The number of benzene rings is 2. The molecule has 0 bridgehead atoms. The maximum atomic E-state index is 13.3. The first-order valence-electron chi connectivity index (χ1n) is 12.7. The van der Waals surface area contributed by atoms with Gasteiger partial charge in [0, 0.05) is 51.5 Å². The van der Waals surface area contributed by atoms with Gasteiger partial charge in [-0.25, -0.2) is 4.79 Å². The fourth-order valence-corrected chi connectivity index (χ4v) is 4.22. The monoisotopic (exact) mass is 548 g/mol. The van der Waals surface area contributed by atoms with E-state index in [0.29, 0.717) is 12.6 Å². The smallest absolute Gasteiger partial charge is 0.378 e. The summed E-state index contributed by atoms with van der Waals surface area (Å²) in [5.41, 5.74) is 0.717. The Bertz CT molecular complexity index is 1170. The third kappa shape index (κ3) is 8.88. The summed E-state index contributed by atoms with van der Waals surface area (Å²) in [4.78, 5) is 41.6. The number of amides is 4. The van der Waals surface area contributed by atoms with Crippen molar-refractivity contribution in [2.75, 3.05) is 43.9 Å². The number of carbonyl (C=O) groups is 3. The number of nitrogens with zero attached hydrogens (tertiary/aromatic N) is 2. The van der Waals surface area contributed by atoms with E-state index in [9.17, 15) is 27.6 Å². The van der Waals surface area contributed by atoms with Crippen molar-refractivity contribution in [3.05, 3.63) is 59.2 Å². The lowest BCUT2D eigenvalue weighted by molar-refractivity contribution is -0.137. The van der Waals surface area contributed by atoms with Crippen LogP contribution in [0.5, 0.6) is 0 Å². The summed E-state index contributed by atoms with van der Waals surface area (Å²) in [6.07, 6.45) is -3.95. The number of halogens is 3. The molecule has 1 heterocycles. The second kappa shape index (κ2) is 12.8. The molecule has 4 N–H and O–H groups in total. The Balaban J connectivity index is 1.55. The molecule has 212 valence electrons. The number of anilines is 2. The van der Waals surface area contributed by atoms with E-state index in [2.05, 4.69) is 50.4 Å². The van der Waals surface area contributed by atoms with Crippen LogP contribution in [0.4, 0.5) is 29.3 Å². The van der Waals surface area contributed by atoms with Crippen LogP contribution in [0, 0.1) is 0 Å². The van der Waals surface area contributed by atoms with Gasteiger partial charge in [-0.2, -0.15) is 13.2 Å². The molecule has 0 saturated carbocycles. The second-order valence-electron chi connectivity index (χ2n) is 10.0. The van der Waals surface area contributed by atoms with Gasteiger partial charge in [0.25, 0.3) is 5.91 Å². The molecule has 12 heteroatoms. The molecule has 1 aliphatic rings. The topological polar surface area (TPSA) is 106 Å². The number of hydrogen-bond acceptors (Lipinski definition) is 5. The average Bonchev–Trinajstić information content (AvgIpc) is 3.28. The van der Waals surface area contributed by atoms with Crippen LogP contribution in [0.2, 0.25) is 0 Å². The third-order valence-electron chi connectivity index (χ3n) is 6.17. The number of hydrogen-bond donors (Lipinski definition) is 4. The Morgan fingerprint density at radius 2 is 1.77 bits per heavy atom. The van der Waals surface area contributed by atoms with Crippen molar-refractivity contribution in [2.45, 2.75) is 45.1 Å². The molecule has 4 amide bonds. The van der Waals surface area contributed by atoms with E-state index in [-0.39, 0.29) is 17.8 Å². The minimum Gasteiger partial charge on any atom is -0.378 e. The summed E-state index contributed by atoms with van der Waals surface area (Å²) in [6, 6.07) is 9.67. The highest BCUT2D eigenvalue weighted by atomic mass is 19.4. The zero-order chi connectivity index (χ0) is 28.7. The SMILES string of the molecule is CC(C)NC(=O)Nc1ccc(C(F)(F)F)cc1C(=O)NCC(=O)N[C@@H]1CCN(Cc2ccc(N(C)C)cc2)C1. The molecule has 0 aliphatic carbocycles. The van der Waals surface area contributed by atoms with Crippen LogP contribution < -0.4 is 26.2 Å². The number of alkyl halides is 3. The maximum Gasteiger partial charge on any atom is 0.416 e. The van der Waals surface area contributed by atoms with Gasteiger partial charge in [-0.1, -0.05) is 12.1 Å². The van der Waals surface area contributed by atoms with E-state index >= 15 is 0 Å². The Morgan fingerprint density at radius 3 is 2.38 bits per heavy atom. The minimum absolute atomic E-state index is 0.107. The molecule has 0 unspecified atom stereocenters. The zero-order valence-corrected chi connectivity index (χ0v) is 22.5. The van der Waals surface area contributed by atoms with Crippen molar-refractivity contribution >= 4 is 29.2 Å². The Morgan fingerprint density at radius 1 is 1.08 bits per heavy atom. The van der Waals surface area contributed by atoms with Gasteiger partial charge >= 0.3 is 12.2 Å². The van der Waals surface area contributed by atoms with Crippen LogP contribution in [0.25, 0.3) is 0 Å². The van der Waals surface area contributed by atoms with Gasteiger partial charge in [0.15, 0.2) is 0 Å². The van der Waals surface area contributed by atoms with Gasteiger partial charge in [0.05, 0.1) is 23.4 Å². The molecule has 1 aliphatic heterocycles. The number of nitrogens with one attached hydrogen (secondary N) is 4. The van der Waals surface area contributed by atoms with Crippen molar-refractivity contribution in [1.82, 2.24) is 20.9 Å². The zero-order valence-electron chi connectivity index (χ0n) is 22.5. The van der Waals surface area contributed by atoms with Crippen molar-refractivity contribution in [3.63, 3.8) is 0 Å². The molecule has 3 rings (SSSR count). The van der Waals surface area contributed by atoms with E-state index < -0.39 is 41.7 Å². The van der Waals surface area contributed by atoms with Crippen molar-refractivity contribution in [2.24, 2.45) is 0 Å². The molecule has 39 heavy (non-hydrogen) atoms. The highest BCUT2D eigenvalue weighted by Gasteiger charge is 2.32. The van der Waals surface area contributed by atoms with Crippen LogP contribution in [0.15, 0.2) is 42.5 Å². The summed E-state index contributed by atoms with van der Waals surface area (Å²) in [5, 5.41) is 10.2. The summed E-state index contributed by atoms with van der Waals surface area (Å²) in [5.74, 6) is -1.37. The van der Waals surface area contributed by atoms with Crippen molar-refractivity contribution < 1.29 is 27.6 Å². The van der Waals surface area contributed by atoms with Gasteiger partial charge in [-0.3, -0.25) is 14.5 Å². The average molecular weight is 549 g/mol. The maximum absolute atomic E-state index is 13.3. The minimum atomic E-state index is -4.69. The largest absolute Gasteiger partial charge is 0.416 e. The van der Waals surface area contributed by atoms with E-state index in [0.717, 1.165) is 42.9 Å². The molecule has 9 nitrogen and oxygen atoms in total. The fourth-order valence-electron chi connectivity index (χ4n) is 4.22. The summed E-state index contributed by atoms with van der Waals surface area (Å²) in [6.45, 7) is 5.18. The van der Waals surface area contributed by atoms with E-state index in [1.165, 1.54) is 0 Å². The molecule has 0 spiro atoms. The predicted molar refractivity (Wildman–Crippen MR) is 144 cm³/mol. The normalized spacial score (nSPS) is 15.6. The predicted octanol–water partition coefficient (Wildman–Crippen LogP) is 3.42. The lowest BCUT2D eigenvalue weighted by atomic mass is 10.1. The summed E-state index contributed by atoms with van der Waals surface area (Å²) >= 11 is 0. The van der Waals surface area contributed by atoms with Crippen molar-refractivity contribution in [1.29, 1.82) is 0 Å². The number of likely N-dealkylation sites (tertiary alicyclic amines) is 1. The number of urea groups is 1. The van der Waals surface area contributed by atoms with Crippen LogP contribution in [0.3, 0.4) is 0 Å². The van der Waals surface area contributed by atoms with Crippen LogP contribution in [-0.2, 0) is 17.5 Å². The molecule has 0 aromatic heterocycles. The van der Waals surface area contributed by atoms with E-state index in [4.69, 9.17) is 0 Å². The van der Waals surface area contributed by atoms with Gasteiger partial charge < -0.3 is 26.2 Å². The summed E-state index contributed by atoms with van der Waals surface area (Å²) < 4.78 is 39.8. The Labute approximate surface area is 226 Å². The summed E-state index contributed by atoms with van der Waals surface area (Å²) in [7, 11) is 3.96. The van der Waals surface area contributed by atoms with Crippen molar-refractivity contribution in [3.8, 4) is 0 Å². The van der Waals surface area contributed by atoms with E-state index in [1.807, 2.05) is 19.0 Å². The molecular formula is C27H35F3N6O3. The highest BCUT2D eigenvalue weighted by Crippen LogP contribution is 2.32. The highest BCUT2D eigenvalue weighted by molar-refractivity contribution is 6.04. The molecule has 1 fully saturated rings. The lowest BCUT2D eigenvalue weighted by Crippen LogP contribution is -2.43. The first-order chi connectivity index (χ1) is 18.3. The third-order valence-corrected chi connectivity index (χ3v) is 6.17. The quantitative estimate of drug-likeness (QED) is 0.384. The molecule has 1 atom stereocenters. The fraction of sp³-hybridized carbons (Fsp3) is 0.444. The van der Waals surface area contributed by atoms with Gasteiger partial charge in [-0.05, 0) is 56.2 Å². The number of rotatable bonds is 9. The first-order valence-corrected chi connectivity index (χ1v) is 12.7. The molecule has 2 aromatic carbocycles. The Hall–Kier alpha value is -3.80. The van der Waals surface area contributed by atoms with Gasteiger partial charge in [0.2, 0.25) is 5.91 Å². The Kier molecular flexibility index (Phi) is 9.79. The molecule has 1 saturated heterocycles.